The molecular weight excluding hydrogens is 537 g/mol. The van der Waals surface area contributed by atoms with Gasteiger partial charge in [-0.15, -0.1) is 24.0 Å². The van der Waals surface area contributed by atoms with E-state index < -0.39 is 9.84 Å². The Morgan fingerprint density at radius 1 is 1.00 bits per heavy atom. The zero-order valence-corrected chi connectivity index (χ0v) is 22.1. The fraction of sp³-hybridized carbons (Fsp3) is 0.458. The molecule has 2 rings (SSSR count). The van der Waals surface area contributed by atoms with E-state index in [2.05, 4.69) is 34.7 Å². The van der Waals surface area contributed by atoms with Crippen LogP contribution in [0.2, 0.25) is 0 Å². The summed E-state index contributed by atoms with van der Waals surface area (Å²) >= 11 is 0. The Labute approximate surface area is 210 Å². The highest BCUT2D eigenvalue weighted by Gasteiger charge is 2.11. The number of ether oxygens (including phenoxy) is 1. The Hall–Kier alpha value is -1.65. The van der Waals surface area contributed by atoms with E-state index in [0.717, 1.165) is 17.7 Å². The summed E-state index contributed by atoms with van der Waals surface area (Å²) in [5, 5.41) is 6.43. The molecule has 0 radical (unpaired) electrons. The van der Waals surface area contributed by atoms with Gasteiger partial charge in [0.15, 0.2) is 15.8 Å². The number of hydrogen-bond donors (Lipinski definition) is 2. The van der Waals surface area contributed by atoms with Gasteiger partial charge in [0.25, 0.3) is 0 Å². The van der Waals surface area contributed by atoms with Crippen LogP contribution in [0.25, 0.3) is 0 Å². The topological polar surface area (TPSA) is 79.8 Å². The summed E-state index contributed by atoms with van der Waals surface area (Å²) in [6.07, 6.45) is 0.537. The molecular formula is C24H36IN3O3S. The molecule has 0 saturated heterocycles. The molecule has 0 saturated carbocycles. The highest BCUT2D eigenvalue weighted by molar-refractivity contribution is 14.0. The molecule has 2 aromatic carbocycles. The lowest BCUT2D eigenvalue weighted by atomic mass is 10.2. The van der Waals surface area contributed by atoms with E-state index in [1.54, 1.807) is 0 Å². The van der Waals surface area contributed by atoms with Gasteiger partial charge in [-0.3, -0.25) is 4.99 Å². The predicted octanol–water partition coefficient (Wildman–Crippen LogP) is 4.02. The largest absolute Gasteiger partial charge is 0.376 e. The van der Waals surface area contributed by atoms with E-state index >= 15 is 0 Å². The maximum Gasteiger partial charge on any atom is 0.191 e. The Morgan fingerprint density at radius 3 is 2.25 bits per heavy atom. The molecule has 0 fully saturated rings. The molecule has 1 unspecified atom stereocenters. The molecule has 0 aliphatic heterocycles. The van der Waals surface area contributed by atoms with Crippen LogP contribution in [-0.2, 0) is 26.9 Å². The van der Waals surface area contributed by atoms with Gasteiger partial charge < -0.3 is 15.4 Å². The summed E-state index contributed by atoms with van der Waals surface area (Å²) in [7, 11) is -3.12. The second-order valence-corrected chi connectivity index (χ2v) is 9.87. The molecule has 6 nitrogen and oxygen atoms in total. The van der Waals surface area contributed by atoms with Crippen molar-refractivity contribution in [2.75, 3.05) is 32.0 Å². The molecule has 0 amide bonds. The second kappa shape index (κ2) is 16.0. The van der Waals surface area contributed by atoms with Gasteiger partial charge in [0, 0.05) is 19.6 Å². The summed E-state index contributed by atoms with van der Waals surface area (Å²) in [6, 6.07) is 19.4. The van der Waals surface area contributed by atoms with Crippen molar-refractivity contribution in [2.24, 2.45) is 10.9 Å². The minimum Gasteiger partial charge on any atom is -0.376 e. The van der Waals surface area contributed by atoms with Crippen molar-refractivity contribution in [1.82, 2.24) is 10.6 Å². The first-order valence-electron chi connectivity index (χ1n) is 10.9. The van der Waals surface area contributed by atoms with Crippen molar-refractivity contribution >= 4 is 39.8 Å². The van der Waals surface area contributed by atoms with Crippen LogP contribution in [0.1, 0.15) is 31.4 Å². The molecule has 2 aromatic rings. The zero-order chi connectivity index (χ0) is 22.4. The molecule has 0 bridgehead atoms. The quantitative estimate of drug-likeness (QED) is 0.164. The lowest BCUT2D eigenvalue weighted by molar-refractivity contribution is 0.0945. The molecule has 178 valence electrons. The maximum atomic E-state index is 12.3. The number of halogens is 1. The molecule has 2 N–H and O–H groups in total. The van der Waals surface area contributed by atoms with E-state index in [0.29, 0.717) is 38.7 Å². The molecule has 0 heterocycles. The number of rotatable bonds is 13. The first-order valence-corrected chi connectivity index (χ1v) is 12.7. The molecule has 1 atom stereocenters. The van der Waals surface area contributed by atoms with Crippen molar-refractivity contribution in [3.8, 4) is 0 Å². The molecule has 0 aliphatic carbocycles. The summed E-state index contributed by atoms with van der Waals surface area (Å²) in [6.45, 7) is 7.29. The number of sulfone groups is 1. The van der Waals surface area contributed by atoms with Crippen LogP contribution in [0.4, 0.5) is 0 Å². The molecule has 0 aromatic heterocycles. The van der Waals surface area contributed by atoms with Crippen LogP contribution in [0.3, 0.4) is 0 Å². The van der Waals surface area contributed by atoms with Gasteiger partial charge in [0.05, 0.1) is 24.7 Å². The monoisotopic (exact) mass is 573 g/mol. The van der Waals surface area contributed by atoms with E-state index in [1.807, 2.05) is 55.5 Å². The van der Waals surface area contributed by atoms with Crippen LogP contribution in [0, 0.1) is 5.92 Å². The summed E-state index contributed by atoms with van der Waals surface area (Å²) < 4.78 is 30.4. The molecule has 0 aliphatic rings. The number of guanidine groups is 1. The average Bonchev–Trinajstić information content (AvgIpc) is 2.76. The van der Waals surface area contributed by atoms with Gasteiger partial charge >= 0.3 is 0 Å². The Balaban J connectivity index is 0.00000512. The van der Waals surface area contributed by atoms with Crippen LogP contribution in [0.15, 0.2) is 65.7 Å². The fourth-order valence-electron chi connectivity index (χ4n) is 2.99. The SMILES string of the molecule is CCNC(=NCC(C)COCc1ccccc1)NCCCS(=O)(=O)Cc1ccccc1.I. The number of benzene rings is 2. The number of nitrogens with zero attached hydrogens (tertiary/aromatic N) is 1. The zero-order valence-electron chi connectivity index (χ0n) is 19.0. The van der Waals surface area contributed by atoms with Crippen molar-refractivity contribution in [3.63, 3.8) is 0 Å². The number of hydrogen-bond acceptors (Lipinski definition) is 4. The first kappa shape index (κ1) is 28.4. The van der Waals surface area contributed by atoms with Gasteiger partial charge in [-0.2, -0.15) is 0 Å². The summed E-state index contributed by atoms with van der Waals surface area (Å²) in [5.41, 5.74) is 1.99. The fourth-order valence-corrected chi connectivity index (χ4v) is 4.42. The summed E-state index contributed by atoms with van der Waals surface area (Å²) in [5.74, 6) is 1.23. The third-order valence-corrected chi connectivity index (χ3v) is 6.26. The van der Waals surface area contributed by atoms with Crippen LogP contribution in [-0.4, -0.2) is 46.4 Å². The molecule has 32 heavy (non-hydrogen) atoms. The van der Waals surface area contributed by atoms with Crippen LogP contribution in [0.5, 0.6) is 0 Å². The number of aliphatic imine (C=N–C) groups is 1. The minimum absolute atomic E-state index is 0. The Bertz CT molecular complexity index is 878. The Morgan fingerprint density at radius 2 is 1.62 bits per heavy atom. The van der Waals surface area contributed by atoms with Crippen molar-refractivity contribution in [1.29, 1.82) is 0 Å². The lowest BCUT2D eigenvalue weighted by Crippen LogP contribution is -2.38. The maximum absolute atomic E-state index is 12.3. The summed E-state index contributed by atoms with van der Waals surface area (Å²) in [4.78, 5) is 4.61. The highest BCUT2D eigenvalue weighted by Crippen LogP contribution is 2.07. The lowest BCUT2D eigenvalue weighted by Gasteiger charge is -2.14. The van der Waals surface area contributed by atoms with Gasteiger partial charge in [0.1, 0.15) is 0 Å². The van der Waals surface area contributed by atoms with E-state index in [-0.39, 0.29) is 41.4 Å². The normalized spacial score (nSPS) is 12.6. The highest BCUT2D eigenvalue weighted by atomic mass is 127. The van der Waals surface area contributed by atoms with Crippen molar-refractivity contribution < 1.29 is 13.2 Å². The van der Waals surface area contributed by atoms with Crippen molar-refractivity contribution in [2.45, 2.75) is 32.6 Å². The smallest absolute Gasteiger partial charge is 0.191 e. The van der Waals surface area contributed by atoms with Crippen LogP contribution >= 0.6 is 24.0 Å². The van der Waals surface area contributed by atoms with Gasteiger partial charge in [-0.25, -0.2) is 8.42 Å². The first-order chi connectivity index (χ1) is 15.0. The minimum atomic E-state index is -3.12. The molecule has 8 heteroatoms. The van der Waals surface area contributed by atoms with E-state index in [4.69, 9.17) is 4.74 Å². The second-order valence-electron chi connectivity index (χ2n) is 7.68. The van der Waals surface area contributed by atoms with Gasteiger partial charge in [-0.1, -0.05) is 67.6 Å². The van der Waals surface area contributed by atoms with Crippen molar-refractivity contribution in [3.05, 3.63) is 71.8 Å². The number of nitrogens with one attached hydrogen (secondary N) is 2. The van der Waals surface area contributed by atoms with Gasteiger partial charge in [0.2, 0.25) is 0 Å². The average molecular weight is 574 g/mol. The van der Waals surface area contributed by atoms with Gasteiger partial charge in [-0.05, 0) is 30.4 Å². The third-order valence-electron chi connectivity index (χ3n) is 4.57. The predicted molar refractivity (Wildman–Crippen MR) is 143 cm³/mol. The third kappa shape index (κ3) is 12.4. The standard InChI is InChI=1S/C24H35N3O3S.HI/c1-3-25-24(27-17-21(2)18-30-19-22-11-6-4-7-12-22)26-15-10-16-31(28,29)20-23-13-8-5-9-14-23;/h4-9,11-14,21H,3,10,15-20H2,1-2H3,(H2,25,26,27);1H. The van der Waals surface area contributed by atoms with E-state index in [1.165, 1.54) is 0 Å². The molecule has 0 spiro atoms. The van der Waals surface area contributed by atoms with E-state index in [9.17, 15) is 8.42 Å². The van der Waals surface area contributed by atoms with Crippen LogP contribution < -0.4 is 10.6 Å². The Kier molecular flexibility index (Phi) is 14.2.